The molecule has 1 heterocycles. The minimum atomic E-state index is -0.378. The largest absolute Gasteiger partial charge is 0.388 e. The molecule has 0 spiro atoms. The van der Waals surface area contributed by atoms with Crippen molar-refractivity contribution in [2.24, 2.45) is 0 Å². The molecular weight excluding hydrogens is 238 g/mol. The molecule has 0 amide bonds. The first-order chi connectivity index (χ1) is 9.16. The maximum Gasteiger partial charge on any atom is 0.0804 e. The van der Waals surface area contributed by atoms with E-state index in [0.717, 1.165) is 43.7 Å². The minimum absolute atomic E-state index is 0.373. The SMILES string of the molecule is Cc1ccc(C)c(C(O)CCNCC2CCCO2)c1. The van der Waals surface area contributed by atoms with Gasteiger partial charge in [0.15, 0.2) is 0 Å². The molecule has 0 saturated carbocycles. The quantitative estimate of drug-likeness (QED) is 0.775. The van der Waals surface area contributed by atoms with Crippen LogP contribution in [0.1, 0.15) is 42.1 Å². The first kappa shape index (κ1) is 14.5. The zero-order valence-electron chi connectivity index (χ0n) is 12.0. The maximum absolute atomic E-state index is 10.2. The summed E-state index contributed by atoms with van der Waals surface area (Å²) in [7, 11) is 0. The van der Waals surface area contributed by atoms with Gasteiger partial charge in [-0.3, -0.25) is 0 Å². The van der Waals surface area contributed by atoms with Crippen LogP contribution >= 0.6 is 0 Å². The molecule has 106 valence electrons. The van der Waals surface area contributed by atoms with Crippen molar-refractivity contribution in [3.8, 4) is 0 Å². The van der Waals surface area contributed by atoms with E-state index in [0.29, 0.717) is 6.10 Å². The summed E-state index contributed by atoms with van der Waals surface area (Å²) in [6.07, 6.45) is 3.08. The van der Waals surface area contributed by atoms with Gasteiger partial charge in [0, 0.05) is 13.2 Å². The van der Waals surface area contributed by atoms with E-state index in [2.05, 4.69) is 37.4 Å². The highest BCUT2D eigenvalue weighted by Crippen LogP contribution is 2.21. The van der Waals surface area contributed by atoms with Crippen molar-refractivity contribution in [2.75, 3.05) is 19.7 Å². The van der Waals surface area contributed by atoms with Crippen LogP contribution in [0.4, 0.5) is 0 Å². The van der Waals surface area contributed by atoms with Gasteiger partial charge in [-0.25, -0.2) is 0 Å². The topological polar surface area (TPSA) is 41.5 Å². The van der Waals surface area contributed by atoms with E-state index in [4.69, 9.17) is 4.74 Å². The summed E-state index contributed by atoms with van der Waals surface area (Å²) in [6.45, 7) is 6.74. The third-order valence-corrected chi connectivity index (χ3v) is 3.78. The fourth-order valence-electron chi connectivity index (χ4n) is 2.58. The molecule has 1 aliphatic rings. The molecule has 1 aliphatic heterocycles. The molecule has 19 heavy (non-hydrogen) atoms. The number of aliphatic hydroxyl groups is 1. The molecule has 2 rings (SSSR count). The molecule has 1 saturated heterocycles. The summed E-state index contributed by atoms with van der Waals surface area (Å²) in [6, 6.07) is 6.25. The number of ether oxygens (including phenoxy) is 1. The molecule has 2 unspecified atom stereocenters. The molecule has 2 N–H and O–H groups in total. The van der Waals surface area contributed by atoms with Gasteiger partial charge in [0.25, 0.3) is 0 Å². The highest BCUT2D eigenvalue weighted by atomic mass is 16.5. The third-order valence-electron chi connectivity index (χ3n) is 3.78. The second-order valence-electron chi connectivity index (χ2n) is 5.50. The van der Waals surface area contributed by atoms with Gasteiger partial charge >= 0.3 is 0 Å². The Balaban J connectivity index is 1.74. The second kappa shape index (κ2) is 7.04. The fraction of sp³-hybridized carbons (Fsp3) is 0.625. The number of hydrogen-bond acceptors (Lipinski definition) is 3. The highest BCUT2D eigenvalue weighted by molar-refractivity contribution is 5.32. The standard InChI is InChI=1S/C16H25NO2/c1-12-5-6-13(2)15(10-12)16(18)7-8-17-11-14-4-3-9-19-14/h5-6,10,14,16-18H,3-4,7-9,11H2,1-2H3. The van der Waals surface area contributed by atoms with Gasteiger partial charge in [-0.2, -0.15) is 0 Å². The Morgan fingerprint density at radius 1 is 1.42 bits per heavy atom. The van der Waals surface area contributed by atoms with Gasteiger partial charge in [0.05, 0.1) is 12.2 Å². The van der Waals surface area contributed by atoms with Crippen molar-refractivity contribution >= 4 is 0 Å². The van der Waals surface area contributed by atoms with E-state index in [-0.39, 0.29) is 6.10 Å². The summed E-state index contributed by atoms with van der Waals surface area (Å²) in [4.78, 5) is 0. The van der Waals surface area contributed by atoms with Crippen molar-refractivity contribution in [1.82, 2.24) is 5.32 Å². The van der Waals surface area contributed by atoms with E-state index >= 15 is 0 Å². The first-order valence-electron chi connectivity index (χ1n) is 7.24. The van der Waals surface area contributed by atoms with Gasteiger partial charge in [-0.1, -0.05) is 23.8 Å². The minimum Gasteiger partial charge on any atom is -0.388 e. The maximum atomic E-state index is 10.2. The van der Waals surface area contributed by atoms with Crippen LogP contribution in [0.3, 0.4) is 0 Å². The third kappa shape index (κ3) is 4.30. The molecule has 1 aromatic carbocycles. The van der Waals surface area contributed by atoms with Gasteiger partial charge in [-0.15, -0.1) is 0 Å². The van der Waals surface area contributed by atoms with E-state index in [1.165, 1.54) is 12.0 Å². The molecular formula is C16H25NO2. The number of aliphatic hydroxyl groups excluding tert-OH is 1. The van der Waals surface area contributed by atoms with Crippen LogP contribution in [0, 0.1) is 13.8 Å². The van der Waals surface area contributed by atoms with E-state index in [9.17, 15) is 5.11 Å². The summed E-state index contributed by atoms with van der Waals surface area (Å²) in [5.41, 5.74) is 3.42. The summed E-state index contributed by atoms with van der Waals surface area (Å²) >= 11 is 0. The van der Waals surface area contributed by atoms with Gasteiger partial charge in [0.1, 0.15) is 0 Å². The summed E-state index contributed by atoms with van der Waals surface area (Å²) in [5.74, 6) is 0. The molecule has 0 bridgehead atoms. The fourth-order valence-corrected chi connectivity index (χ4v) is 2.58. The lowest BCUT2D eigenvalue weighted by atomic mass is 9.99. The van der Waals surface area contributed by atoms with E-state index < -0.39 is 0 Å². The lowest BCUT2D eigenvalue weighted by Crippen LogP contribution is -2.27. The summed E-state index contributed by atoms with van der Waals surface area (Å²) < 4.78 is 5.55. The molecule has 3 nitrogen and oxygen atoms in total. The van der Waals surface area contributed by atoms with Crippen molar-refractivity contribution in [3.05, 3.63) is 34.9 Å². The van der Waals surface area contributed by atoms with Crippen LogP contribution in [-0.2, 0) is 4.74 Å². The van der Waals surface area contributed by atoms with Crippen molar-refractivity contribution < 1.29 is 9.84 Å². The first-order valence-corrected chi connectivity index (χ1v) is 7.24. The molecule has 1 fully saturated rings. The van der Waals surface area contributed by atoms with Crippen LogP contribution < -0.4 is 5.32 Å². The number of nitrogens with one attached hydrogen (secondary N) is 1. The Hall–Kier alpha value is -0.900. The predicted octanol–water partition coefficient (Wildman–Crippen LogP) is 2.50. The number of benzene rings is 1. The number of hydrogen-bond donors (Lipinski definition) is 2. The van der Waals surface area contributed by atoms with Gasteiger partial charge in [-0.05, 0) is 50.8 Å². The van der Waals surface area contributed by atoms with Crippen LogP contribution in [-0.4, -0.2) is 30.9 Å². The number of rotatable bonds is 6. The Morgan fingerprint density at radius 2 is 2.26 bits per heavy atom. The van der Waals surface area contributed by atoms with Gasteiger partial charge in [0.2, 0.25) is 0 Å². The van der Waals surface area contributed by atoms with Crippen molar-refractivity contribution in [3.63, 3.8) is 0 Å². The zero-order valence-corrected chi connectivity index (χ0v) is 12.0. The summed E-state index contributed by atoms with van der Waals surface area (Å²) in [5, 5.41) is 13.6. The smallest absolute Gasteiger partial charge is 0.0804 e. The molecule has 2 atom stereocenters. The van der Waals surface area contributed by atoms with Crippen LogP contribution in [0.25, 0.3) is 0 Å². The van der Waals surface area contributed by atoms with E-state index in [1.54, 1.807) is 0 Å². The molecule has 0 radical (unpaired) electrons. The normalized spacial score (nSPS) is 20.7. The molecule has 0 aromatic heterocycles. The Kier molecular flexibility index (Phi) is 5.37. The van der Waals surface area contributed by atoms with Crippen LogP contribution in [0.15, 0.2) is 18.2 Å². The van der Waals surface area contributed by atoms with E-state index in [1.807, 2.05) is 0 Å². The van der Waals surface area contributed by atoms with Crippen LogP contribution in [0.2, 0.25) is 0 Å². The lowest BCUT2D eigenvalue weighted by Gasteiger charge is -2.16. The Labute approximate surface area is 116 Å². The average molecular weight is 263 g/mol. The van der Waals surface area contributed by atoms with Crippen molar-refractivity contribution in [1.29, 1.82) is 0 Å². The average Bonchev–Trinajstić information content (AvgIpc) is 2.90. The van der Waals surface area contributed by atoms with Crippen LogP contribution in [0.5, 0.6) is 0 Å². The monoisotopic (exact) mass is 263 g/mol. The molecule has 0 aliphatic carbocycles. The highest BCUT2D eigenvalue weighted by Gasteiger charge is 2.15. The van der Waals surface area contributed by atoms with Gasteiger partial charge < -0.3 is 15.2 Å². The zero-order chi connectivity index (χ0) is 13.7. The Morgan fingerprint density at radius 3 is 3.00 bits per heavy atom. The van der Waals surface area contributed by atoms with Crippen molar-refractivity contribution in [2.45, 2.75) is 45.3 Å². The Bertz CT molecular complexity index is 400. The molecule has 1 aromatic rings. The predicted molar refractivity (Wildman–Crippen MR) is 77.3 cm³/mol. The number of aryl methyl sites for hydroxylation is 2. The molecule has 3 heteroatoms. The second-order valence-corrected chi connectivity index (χ2v) is 5.50. The lowest BCUT2D eigenvalue weighted by molar-refractivity contribution is 0.107.